The molecule has 184 valence electrons. The van der Waals surface area contributed by atoms with Gasteiger partial charge in [0.25, 0.3) is 11.1 Å². The van der Waals surface area contributed by atoms with E-state index in [0.29, 0.717) is 28.6 Å². The van der Waals surface area contributed by atoms with Crippen LogP contribution in [0.1, 0.15) is 11.1 Å². The van der Waals surface area contributed by atoms with Gasteiger partial charge in [0.15, 0.2) is 0 Å². The van der Waals surface area contributed by atoms with Crippen molar-refractivity contribution < 1.29 is 19.1 Å². The monoisotopic (exact) mass is 528 g/mol. The summed E-state index contributed by atoms with van der Waals surface area (Å²) in [6.07, 6.45) is 1.63. The van der Waals surface area contributed by atoms with E-state index in [-0.39, 0.29) is 11.4 Å². The van der Waals surface area contributed by atoms with E-state index in [1.54, 1.807) is 30.3 Å². The minimum atomic E-state index is -0.511. The number of imide groups is 1. The lowest BCUT2D eigenvalue weighted by atomic mass is 10.1. The lowest BCUT2D eigenvalue weighted by Crippen LogP contribution is -2.36. The third-order valence-corrected chi connectivity index (χ3v) is 6.89. The van der Waals surface area contributed by atoms with Gasteiger partial charge in [0.1, 0.15) is 18.9 Å². The molecular weight excluding hydrogens is 508 g/mol. The Morgan fingerprint density at radius 2 is 1.70 bits per heavy atom. The molecule has 3 amide bonds. The van der Waals surface area contributed by atoms with Crippen LogP contribution in [0, 0.1) is 0 Å². The van der Waals surface area contributed by atoms with Gasteiger partial charge in [0.05, 0.1) is 4.91 Å². The number of carbonyl (C=O) groups is 3. The van der Waals surface area contributed by atoms with Crippen molar-refractivity contribution in [2.75, 3.05) is 11.9 Å². The standard InChI is InChI=1S/C29H21ClN2O4S/c30-22-11-13-23(14-12-22)31-27(33)17-32-28(34)26(37-29(32)35)16-19-5-3-9-24(15-19)36-18-21-8-4-7-20-6-1-2-10-25(20)21/h1-16H,17-18H2,(H,31,33)/b26-16+. The van der Waals surface area contributed by atoms with Crippen molar-refractivity contribution in [1.82, 2.24) is 4.90 Å². The molecule has 0 bridgehead atoms. The van der Waals surface area contributed by atoms with Gasteiger partial charge in [0, 0.05) is 10.7 Å². The molecule has 0 unspecified atom stereocenters. The Balaban J connectivity index is 1.25. The number of nitrogens with one attached hydrogen (secondary N) is 1. The molecular formula is C29H21ClN2O4S. The Kier molecular flexibility index (Phi) is 7.25. The zero-order chi connectivity index (χ0) is 25.8. The maximum atomic E-state index is 12.9. The normalized spacial score (nSPS) is 14.4. The van der Waals surface area contributed by atoms with Gasteiger partial charge in [0.2, 0.25) is 5.91 Å². The molecule has 0 atom stereocenters. The summed E-state index contributed by atoms with van der Waals surface area (Å²) < 4.78 is 6.03. The molecule has 0 radical (unpaired) electrons. The number of rotatable bonds is 7. The van der Waals surface area contributed by atoms with Crippen molar-refractivity contribution in [2.45, 2.75) is 6.61 Å². The van der Waals surface area contributed by atoms with Gasteiger partial charge in [-0.2, -0.15) is 0 Å². The number of ether oxygens (including phenoxy) is 1. The summed E-state index contributed by atoms with van der Waals surface area (Å²) in [5, 5.41) is 4.99. The molecule has 1 aliphatic rings. The Bertz CT molecular complexity index is 1530. The van der Waals surface area contributed by atoms with Crippen molar-refractivity contribution >= 4 is 63.0 Å². The summed E-state index contributed by atoms with van der Waals surface area (Å²) in [7, 11) is 0. The van der Waals surface area contributed by atoms with Crippen LogP contribution >= 0.6 is 23.4 Å². The predicted octanol–water partition coefficient (Wildman–Crippen LogP) is 6.75. The highest BCUT2D eigenvalue weighted by Gasteiger charge is 2.36. The molecule has 8 heteroatoms. The highest BCUT2D eigenvalue weighted by molar-refractivity contribution is 8.18. The number of amides is 3. The Morgan fingerprint density at radius 3 is 2.54 bits per heavy atom. The first-order valence-corrected chi connectivity index (χ1v) is 12.7. The van der Waals surface area contributed by atoms with Gasteiger partial charge in [-0.05, 0) is 76.1 Å². The van der Waals surface area contributed by atoms with Gasteiger partial charge < -0.3 is 10.1 Å². The topological polar surface area (TPSA) is 75.7 Å². The van der Waals surface area contributed by atoms with Crippen LogP contribution in [0.3, 0.4) is 0 Å². The number of fused-ring (bicyclic) bond motifs is 1. The fourth-order valence-electron chi connectivity index (χ4n) is 3.94. The molecule has 4 aromatic rings. The molecule has 0 aromatic heterocycles. The average molecular weight is 529 g/mol. The summed E-state index contributed by atoms with van der Waals surface area (Å²) >= 11 is 6.66. The molecule has 37 heavy (non-hydrogen) atoms. The molecule has 0 saturated carbocycles. The first-order valence-electron chi connectivity index (χ1n) is 11.5. The lowest BCUT2D eigenvalue weighted by molar-refractivity contribution is -0.127. The highest BCUT2D eigenvalue weighted by atomic mass is 35.5. The summed E-state index contributed by atoms with van der Waals surface area (Å²) in [5.41, 5.74) is 2.31. The maximum Gasteiger partial charge on any atom is 0.294 e. The fourth-order valence-corrected chi connectivity index (χ4v) is 4.90. The molecule has 6 nitrogen and oxygen atoms in total. The van der Waals surface area contributed by atoms with Crippen LogP contribution in [-0.4, -0.2) is 28.5 Å². The third-order valence-electron chi connectivity index (χ3n) is 5.73. The van der Waals surface area contributed by atoms with Crippen LogP contribution in [-0.2, 0) is 16.2 Å². The second-order valence-electron chi connectivity index (χ2n) is 8.32. The van der Waals surface area contributed by atoms with Crippen molar-refractivity contribution in [3.05, 3.63) is 112 Å². The highest BCUT2D eigenvalue weighted by Crippen LogP contribution is 2.32. The first kappa shape index (κ1) is 24.6. The van der Waals surface area contributed by atoms with Gasteiger partial charge in [-0.1, -0.05) is 66.2 Å². The minimum absolute atomic E-state index is 0.246. The number of anilines is 1. The lowest BCUT2D eigenvalue weighted by Gasteiger charge is -2.12. The predicted molar refractivity (Wildman–Crippen MR) is 147 cm³/mol. The van der Waals surface area contributed by atoms with Gasteiger partial charge in [-0.25, -0.2) is 0 Å². The molecule has 1 heterocycles. The second-order valence-corrected chi connectivity index (χ2v) is 9.75. The van der Waals surface area contributed by atoms with E-state index in [1.165, 1.54) is 0 Å². The fraction of sp³-hybridized carbons (Fsp3) is 0.0690. The van der Waals surface area contributed by atoms with Crippen LogP contribution in [0.5, 0.6) is 5.75 Å². The van der Waals surface area contributed by atoms with Crippen molar-refractivity contribution in [1.29, 1.82) is 0 Å². The molecule has 1 saturated heterocycles. The second kappa shape index (κ2) is 10.9. The smallest absolute Gasteiger partial charge is 0.294 e. The van der Waals surface area contributed by atoms with Gasteiger partial charge in [-0.3, -0.25) is 19.3 Å². The zero-order valence-corrected chi connectivity index (χ0v) is 21.1. The molecule has 1 aliphatic heterocycles. The Labute approximate surface area is 222 Å². The largest absolute Gasteiger partial charge is 0.489 e. The van der Waals surface area contributed by atoms with Gasteiger partial charge in [-0.15, -0.1) is 0 Å². The molecule has 0 aliphatic carbocycles. The van der Waals surface area contributed by atoms with Crippen LogP contribution in [0.4, 0.5) is 10.5 Å². The number of hydrogen-bond donors (Lipinski definition) is 1. The minimum Gasteiger partial charge on any atom is -0.489 e. The molecule has 1 fully saturated rings. The van der Waals surface area contributed by atoms with Crippen molar-refractivity contribution in [3.63, 3.8) is 0 Å². The van der Waals surface area contributed by atoms with E-state index in [2.05, 4.69) is 23.5 Å². The van der Waals surface area contributed by atoms with E-state index >= 15 is 0 Å². The number of thioether (sulfide) groups is 1. The van der Waals surface area contributed by atoms with E-state index < -0.39 is 17.1 Å². The van der Waals surface area contributed by atoms with Crippen LogP contribution in [0.25, 0.3) is 16.8 Å². The maximum absolute atomic E-state index is 12.9. The van der Waals surface area contributed by atoms with E-state index in [9.17, 15) is 14.4 Å². The van der Waals surface area contributed by atoms with Crippen LogP contribution in [0.2, 0.25) is 5.02 Å². The van der Waals surface area contributed by atoms with Crippen molar-refractivity contribution in [2.24, 2.45) is 0 Å². The van der Waals surface area contributed by atoms with E-state index in [0.717, 1.165) is 33.0 Å². The van der Waals surface area contributed by atoms with Crippen LogP contribution < -0.4 is 10.1 Å². The number of nitrogens with zero attached hydrogens (tertiary/aromatic N) is 1. The molecule has 1 N–H and O–H groups in total. The Morgan fingerprint density at radius 1 is 0.946 bits per heavy atom. The zero-order valence-electron chi connectivity index (χ0n) is 19.5. The number of benzene rings is 4. The summed E-state index contributed by atoms with van der Waals surface area (Å²) in [6, 6.07) is 28.1. The van der Waals surface area contributed by atoms with Crippen molar-refractivity contribution in [3.8, 4) is 5.75 Å². The molecule has 4 aromatic carbocycles. The molecule has 0 spiro atoms. The number of carbonyl (C=O) groups excluding carboxylic acids is 3. The number of hydrogen-bond acceptors (Lipinski definition) is 5. The average Bonchev–Trinajstić information content (AvgIpc) is 3.16. The quantitative estimate of drug-likeness (QED) is 0.269. The van der Waals surface area contributed by atoms with E-state index in [4.69, 9.17) is 16.3 Å². The number of halogens is 1. The summed E-state index contributed by atoms with van der Waals surface area (Å²) in [6.45, 7) is 0.0167. The first-order chi connectivity index (χ1) is 18.0. The molecule has 5 rings (SSSR count). The summed E-state index contributed by atoms with van der Waals surface area (Å²) in [4.78, 5) is 38.9. The SMILES string of the molecule is O=C(CN1C(=O)S/C(=C/c2cccc(OCc3cccc4ccccc34)c2)C1=O)Nc1ccc(Cl)cc1. The van der Waals surface area contributed by atoms with Gasteiger partial charge >= 0.3 is 0 Å². The third kappa shape index (κ3) is 5.85. The Hall–Kier alpha value is -4.07. The van der Waals surface area contributed by atoms with Crippen LogP contribution in [0.15, 0.2) is 95.9 Å². The summed E-state index contributed by atoms with van der Waals surface area (Å²) in [5.74, 6) is -0.346. The van der Waals surface area contributed by atoms with E-state index in [1.807, 2.05) is 48.5 Å².